The molecular formula is C16H15BrN2O2S. The van der Waals surface area contributed by atoms with Gasteiger partial charge in [-0.15, -0.1) is 11.3 Å². The Kier molecular flexibility index (Phi) is 4.59. The Morgan fingerprint density at radius 2 is 2.23 bits per heavy atom. The van der Waals surface area contributed by atoms with Gasteiger partial charge in [-0.05, 0) is 46.1 Å². The van der Waals surface area contributed by atoms with E-state index in [0.717, 1.165) is 28.0 Å². The van der Waals surface area contributed by atoms with Crippen molar-refractivity contribution in [3.05, 3.63) is 50.6 Å². The standard InChI is InChI=1S/C16H15BrN2O2S/c17-14-8-12(10-22-14)16(21)18-13-4-1-3-11(7-13)9-19-6-2-5-15(19)20/h1,3-4,7-8,10H,2,5-6,9H2,(H,18,21). The highest BCUT2D eigenvalue weighted by Crippen LogP contribution is 2.22. The number of carbonyl (C=O) groups is 2. The molecule has 0 unspecified atom stereocenters. The van der Waals surface area contributed by atoms with Gasteiger partial charge in [-0.2, -0.15) is 0 Å². The van der Waals surface area contributed by atoms with E-state index in [4.69, 9.17) is 0 Å². The molecule has 22 heavy (non-hydrogen) atoms. The maximum Gasteiger partial charge on any atom is 0.256 e. The SMILES string of the molecule is O=C(Nc1cccc(CN2CCCC2=O)c1)c1csc(Br)c1. The van der Waals surface area contributed by atoms with Crippen molar-refractivity contribution in [1.29, 1.82) is 0 Å². The molecule has 0 atom stereocenters. The summed E-state index contributed by atoms with van der Waals surface area (Å²) in [6, 6.07) is 9.45. The number of nitrogens with one attached hydrogen (secondary N) is 1. The minimum absolute atomic E-state index is 0.128. The summed E-state index contributed by atoms with van der Waals surface area (Å²) in [4.78, 5) is 25.7. The summed E-state index contributed by atoms with van der Waals surface area (Å²) in [5.41, 5.74) is 2.41. The molecule has 1 N–H and O–H groups in total. The first kappa shape index (κ1) is 15.2. The number of anilines is 1. The van der Waals surface area contributed by atoms with E-state index >= 15 is 0 Å². The van der Waals surface area contributed by atoms with Crippen LogP contribution in [0.4, 0.5) is 5.69 Å². The first-order chi connectivity index (χ1) is 10.6. The van der Waals surface area contributed by atoms with Gasteiger partial charge in [-0.3, -0.25) is 9.59 Å². The highest BCUT2D eigenvalue weighted by molar-refractivity contribution is 9.11. The molecule has 0 saturated carbocycles. The second-order valence-electron chi connectivity index (χ2n) is 5.21. The van der Waals surface area contributed by atoms with Crippen LogP contribution in [-0.2, 0) is 11.3 Å². The van der Waals surface area contributed by atoms with Crippen LogP contribution in [0.2, 0.25) is 0 Å². The van der Waals surface area contributed by atoms with E-state index in [0.29, 0.717) is 18.5 Å². The van der Waals surface area contributed by atoms with Gasteiger partial charge in [-0.1, -0.05) is 12.1 Å². The van der Waals surface area contributed by atoms with E-state index in [2.05, 4.69) is 21.2 Å². The van der Waals surface area contributed by atoms with E-state index in [1.165, 1.54) is 11.3 Å². The molecular weight excluding hydrogens is 364 g/mol. The zero-order chi connectivity index (χ0) is 15.5. The fourth-order valence-electron chi connectivity index (χ4n) is 2.47. The van der Waals surface area contributed by atoms with Crippen molar-refractivity contribution in [2.45, 2.75) is 19.4 Å². The van der Waals surface area contributed by atoms with Crippen LogP contribution >= 0.6 is 27.3 Å². The average Bonchev–Trinajstić information content (AvgIpc) is 3.09. The number of benzene rings is 1. The monoisotopic (exact) mass is 378 g/mol. The molecule has 1 aromatic heterocycles. The lowest BCUT2D eigenvalue weighted by atomic mass is 10.2. The molecule has 1 fully saturated rings. The van der Waals surface area contributed by atoms with Crippen molar-refractivity contribution in [1.82, 2.24) is 4.90 Å². The van der Waals surface area contributed by atoms with E-state index in [-0.39, 0.29) is 11.8 Å². The Bertz CT molecular complexity index is 714. The minimum atomic E-state index is -0.128. The van der Waals surface area contributed by atoms with Gasteiger partial charge in [0.2, 0.25) is 5.91 Å². The van der Waals surface area contributed by atoms with Crippen molar-refractivity contribution in [2.24, 2.45) is 0 Å². The maximum absolute atomic E-state index is 12.1. The summed E-state index contributed by atoms with van der Waals surface area (Å²) in [7, 11) is 0. The van der Waals surface area contributed by atoms with Crippen LogP contribution in [0.1, 0.15) is 28.8 Å². The highest BCUT2D eigenvalue weighted by Gasteiger charge is 2.20. The second-order valence-corrected chi connectivity index (χ2v) is 7.50. The number of likely N-dealkylation sites (tertiary alicyclic amines) is 1. The lowest BCUT2D eigenvalue weighted by molar-refractivity contribution is -0.128. The molecule has 1 aliphatic rings. The number of amides is 2. The fourth-order valence-corrected chi connectivity index (χ4v) is 3.61. The van der Waals surface area contributed by atoms with E-state index in [1.54, 1.807) is 6.07 Å². The lowest BCUT2D eigenvalue weighted by Gasteiger charge is -2.16. The van der Waals surface area contributed by atoms with Crippen LogP contribution in [0.15, 0.2) is 39.5 Å². The van der Waals surface area contributed by atoms with Crippen LogP contribution in [-0.4, -0.2) is 23.3 Å². The molecule has 0 spiro atoms. The summed E-state index contributed by atoms with van der Waals surface area (Å²) in [5, 5.41) is 4.70. The third-order valence-electron chi connectivity index (χ3n) is 3.56. The topological polar surface area (TPSA) is 49.4 Å². The Labute approximate surface area is 141 Å². The number of carbonyl (C=O) groups excluding carboxylic acids is 2. The average molecular weight is 379 g/mol. The largest absolute Gasteiger partial charge is 0.338 e. The summed E-state index contributed by atoms with van der Waals surface area (Å²) >= 11 is 4.83. The summed E-state index contributed by atoms with van der Waals surface area (Å²) in [5.74, 6) is 0.0777. The zero-order valence-corrected chi connectivity index (χ0v) is 14.2. The molecule has 114 valence electrons. The van der Waals surface area contributed by atoms with Crippen molar-refractivity contribution in [2.75, 3.05) is 11.9 Å². The van der Waals surface area contributed by atoms with Gasteiger partial charge in [0, 0.05) is 30.6 Å². The van der Waals surface area contributed by atoms with Crippen LogP contribution in [0.3, 0.4) is 0 Å². The zero-order valence-electron chi connectivity index (χ0n) is 11.8. The van der Waals surface area contributed by atoms with Gasteiger partial charge in [0.25, 0.3) is 5.91 Å². The normalized spacial score (nSPS) is 14.4. The van der Waals surface area contributed by atoms with Crippen LogP contribution in [0, 0.1) is 0 Å². The molecule has 2 amide bonds. The predicted molar refractivity (Wildman–Crippen MR) is 91.1 cm³/mol. The second kappa shape index (κ2) is 6.62. The van der Waals surface area contributed by atoms with Gasteiger partial charge in [0.1, 0.15) is 0 Å². The number of halogens is 1. The predicted octanol–water partition coefficient (Wildman–Crippen LogP) is 3.89. The van der Waals surface area contributed by atoms with Crippen LogP contribution in [0.5, 0.6) is 0 Å². The fraction of sp³-hybridized carbons (Fsp3) is 0.250. The summed E-state index contributed by atoms with van der Waals surface area (Å²) < 4.78 is 0.930. The van der Waals surface area contributed by atoms with Gasteiger partial charge < -0.3 is 10.2 Å². The van der Waals surface area contributed by atoms with E-state index in [9.17, 15) is 9.59 Å². The lowest BCUT2D eigenvalue weighted by Crippen LogP contribution is -2.23. The Morgan fingerprint density at radius 3 is 2.91 bits per heavy atom. The van der Waals surface area contributed by atoms with Gasteiger partial charge in [-0.25, -0.2) is 0 Å². The van der Waals surface area contributed by atoms with Crippen molar-refractivity contribution < 1.29 is 9.59 Å². The third kappa shape index (κ3) is 3.56. The van der Waals surface area contributed by atoms with Crippen LogP contribution in [0.25, 0.3) is 0 Å². The van der Waals surface area contributed by atoms with Crippen molar-refractivity contribution in [3.8, 4) is 0 Å². The van der Waals surface area contributed by atoms with Crippen molar-refractivity contribution in [3.63, 3.8) is 0 Å². The molecule has 0 radical (unpaired) electrons. The molecule has 0 bridgehead atoms. The number of thiophene rings is 1. The summed E-state index contributed by atoms with van der Waals surface area (Å²) in [6.45, 7) is 1.42. The molecule has 4 nitrogen and oxygen atoms in total. The molecule has 1 aliphatic heterocycles. The van der Waals surface area contributed by atoms with Gasteiger partial charge in [0.15, 0.2) is 0 Å². The molecule has 0 aliphatic carbocycles. The number of hydrogen-bond donors (Lipinski definition) is 1. The maximum atomic E-state index is 12.1. The number of hydrogen-bond acceptors (Lipinski definition) is 3. The molecule has 3 rings (SSSR count). The van der Waals surface area contributed by atoms with E-state index < -0.39 is 0 Å². The Morgan fingerprint density at radius 1 is 1.36 bits per heavy atom. The first-order valence-electron chi connectivity index (χ1n) is 7.04. The van der Waals surface area contributed by atoms with Crippen molar-refractivity contribution >= 4 is 44.8 Å². The quantitative estimate of drug-likeness (QED) is 0.877. The Balaban J connectivity index is 1.68. The minimum Gasteiger partial charge on any atom is -0.338 e. The smallest absolute Gasteiger partial charge is 0.256 e. The highest BCUT2D eigenvalue weighted by atomic mass is 79.9. The molecule has 2 aromatic rings. The third-order valence-corrected chi connectivity index (χ3v) is 5.06. The van der Waals surface area contributed by atoms with E-state index in [1.807, 2.05) is 34.5 Å². The number of nitrogens with zero attached hydrogens (tertiary/aromatic N) is 1. The Hall–Kier alpha value is -1.66. The van der Waals surface area contributed by atoms with Gasteiger partial charge >= 0.3 is 0 Å². The summed E-state index contributed by atoms with van der Waals surface area (Å²) in [6.07, 6.45) is 1.58. The molecule has 1 saturated heterocycles. The molecule has 2 heterocycles. The first-order valence-corrected chi connectivity index (χ1v) is 8.71. The number of rotatable bonds is 4. The van der Waals surface area contributed by atoms with Crippen LogP contribution < -0.4 is 5.32 Å². The molecule has 1 aromatic carbocycles. The van der Waals surface area contributed by atoms with Gasteiger partial charge in [0.05, 0.1) is 9.35 Å². The molecule has 6 heteroatoms.